The fourth-order valence-electron chi connectivity index (χ4n) is 4.14. The number of likely N-dealkylation sites (N-methyl/N-ethyl adjacent to an activating group) is 2. The first-order valence-corrected chi connectivity index (χ1v) is 7.63. The van der Waals surface area contributed by atoms with Gasteiger partial charge in [0.2, 0.25) is 0 Å². The highest BCUT2D eigenvalue weighted by Gasteiger charge is 2.44. The van der Waals surface area contributed by atoms with Gasteiger partial charge in [-0.2, -0.15) is 0 Å². The fourth-order valence-corrected chi connectivity index (χ4v) is 4.14. The maximum Gasteiger partial charge on any atom is 0.0510 e. The summed E-state index contributed by atoms with van der Waals surface area (Å²) in [6.07, 6.45) is 9.47. The predicted octanol–water partition coefficient (Wildman–Crippen LogP) is 2.27. The van der Waals surface area contributed by atoms with Gasteiger partial charge >= 0.3 is 0 Å². The van der Waals surface area contributed by atoms with E-state index in [0.29, 0.717) is 17.5 Å². The van der Waals surface area contributed by atoms with Crippen LogP contribution in [0.1, 0.15) is 44.9 Å². The van der Waals surface area contributed by atoms with E-state index >= 15 is 0 Å². The molecule has 3 heteroatoms. The number of hydrogen-bond acceptors (Lipinski definition) is 3. The van der Waals surface area contributed by atoms with Gasteiger partial charge in [-0.15, -0.1) is 0 Å². The number of hydrogen-bond donors (Lipinski definition) is 1. The molecule has 1 heterocycles. The molecular formula is C15H30N2O. The summed E-state index contributed by atoms with van der Waals surface area (Å²) < 4.78 is 5.63. The fraction of sp³-hybridized carbons (Fsp3) is 1.00. The van der Waals surface area contributed by atoms with Gasteiger partial charge in [0.1, 0.15) is 0 Å². The van der Waals surface area contributed by atoms with Crippen molar-refractivity contribution in [3.05, 3.63) is 0 Å². The van der Waals surface area contributed by atoms with Crippen LogP contribution in [0.25, 0.3) is 0 Å². The zero-order valence-electron chi connectivity index (χ0n) is 12.4. The second-order valence-electron chi connectivity index (χ2n) is 6.30. The van der Waals surface area contributed by atoms with Crippen LogP contribution in [0.2, 0.25) is 0 Å². The van der Waals surface area contributed by atoms with E-state index in [1.54, 1.807) is 0 Å². The molecule has 0 spiro atoms. The van der Waals surface area contributed by atoms with E-state index in [9.17, 15) is 0 Å². The molecule has 1 N–H and O–H groups in total. The molecule has 1 aliphatic heterocycles. The quantitative estimate of drug-likeness (QED) is 0.779. The second-order valence-corrected chi connectivity index (χ2v) is 6.30. The van der Waals surface area contributed by atoms with E-state index in [1.807, 2.05) is 0 Å². The Morgan fingerprint density at radius 2 is 1.83 bits per heavy atom. The van der Waals surface area contributed by atoms with Gasteiger partial charge in [0.15, 0.2) is 0 Å². The van der Waals surface area contributed by atoms with Crippen molar-refractivity contribution in [2.75, 3.05) is 34.4 Å². The second kappa shape index (κ2) is 6.36. The van der Waals surface area contributed by atoms with Crippen LogP contribution >= 0.6 is 0 Å². The Morgan fingerprint density at radius 1 is 1.17 bits per heavy atom. The molecule has 1 saturated heterocycles. The van der Waals surface area contributed by atoms with E-state index in [4.69, 9.17) is 4.74 Å². The highest BCUT2D eigenvalue weighted by molar-refractivity contribution is 5.02. The third-order valence-electron chi connectivity index (χ3n) is 5.19. The van der Waals surface area contributed by atoms with Crippen molar-refractivity contribution in [3.8, 4) is 0 Å². The summed E-state index contributed by atoms with van der Waals surface area (Å²) in [5.41, 5.74) is 0.337. The van der Waals surface area contributed by atoms with E-state index in [0.717, 1.165) is 13.2 Å². The molecule has 106 valence electrons. The van der Waals surface area contributed by atoms with Gasteiger partial charge in [0.05, 0.1) is 6.61 Å². The summed E-state index contributed by atoms with van der Waals surface area (Å²) in [5.74, 6) is 0.690. The highest BCUT2D eigenvalue weighted by atomic mass is 16.5. The zero-order valence-corrected chi connectivity index (χ0v) is 12.4. The van der Waals surface area contributed by atoms with Crippen LogP contribution < -0.4 is 5.32 Å². The standard InChI is InChI=1S/C15H30N2O/c1-16-14(13-8-11-18-12-13)15(17(2)3)9-6-4-5-7-10-15/h13-14,16H,4-12H2,1-3H3. The first kappa shape index (κ1) is 14.3. The Morgan fingerprint density at radius 3 is 2.28 bits per heavy atom. The Kier molecular flexibility index (Phi) is 5.05. The number of nitrogens with zero attached hydrogens (tertiary/aromatic N) is 1. The summed E-state index contributed by atoms with van der Waals surface area (Å²) in [6, 6.07) is 0.577. The number of nitrogens with one attached hydrogen (secondary N) is 1. The average Bonchev–Trinajstić information content (AvgIpc) is 2.75. The van der Waals surface area contributed by atoms with Gasteiger partial charge in [-0.1, -0.05) is 25.7 Å². The molecule has 2 rings (SSSR count). The van der Waals surface area contributed by atoms with Gasteiger partial charge in [-0.3, -0.25) is 0 Å². The van der Waals surface area contributed by atoms with Gasteiger partial charge in [0.25, 0.3) is 0 Å². The van der Waals surface area contributed by atoms with Crippen molar-refractivity contribution in [2.24, 2.45) is 5.92 Å². The van der Waals surface area contributed by atoms with Gasteiger partial charge in [-0.25, -0.2) is 0 Å². The van der Waals surface area contributed by atoms with Crippen LogP contribution in [0.4, 0.5) is 0 Å². The first-order valence-electron chi connectivity index (χ1n) is 7.63. The molecule has 3 nitrogen and oxygen atoms in total. The van der Waals surface area contributed by atoms with E-state index in [2.05, 4.69) is 31.4 Å². The number of ether oxygens (including phenoxy) is 1. The molecule has 2 unspecified atom stereocenters. The van der Waals surface area contributed by atoms with Crippen molar-refractivity contribution < 1.29 is 4.74 Å². The number of rotatable bonds is 4. The van der Waals surface area contributed by atoms with E-state index in [-0.39, 0.29) is 0 Å². The molecule has 1 saturated carbocycles. The molecule has 18 heavy (non-hydrogen) atoms. The monoisotopic (exact) mass is 254 g/mol. The molecule has 0 aromatic rings. The van der Waals surface area contributed by atoms with Crippen molar-refractivity contribution in [1.29, 1.82) is 0 Å². The molecule has 0 bridgehead atoms. The van der Waals surface area contributed by atoms with Crippen LogP contribution in [-0.2, 0) is 4.74 Å². The molecule has 0 aromatic heterocycles. The Labute approximate surface area is 112 Å². The predicted molar refractivity (Wildman–Crippen MR) is 75.9 cm³/mol. The first-order chi connectivity index (χ1) is 8.70. The molecule has 0 aromatic carbocycles. The van der Waals surface area contributed by atoms with Crippen LogP contribution in [-0.4, -0.2) is 50.8 Å². The zero-order chi connectivity index (χ0) is 13.0. The topological polar surface area (TPSA) is 24.5 Å². The third kappa shape index (κ3) is 2.73. The Hall–Kier alpha value is -0.120. The lowest BCUT2D eigenvalue weighted by Gasteiger charge is -2.48. The molecule has 1 aliphatic carbocycles. The smallest absolute Gasteiger partial charge is 0.0510 e. The maximum atomic E-state index is 5.63. The van der Waals surface area contributed by atoms with E-state index in [1.165, 1.54) is 44.9 Å². The SMILES string of the molecule is CNC(C1CCOC1)C1(N(C)C)CCCCCC1. The van der Waals surface area contributed by atoms with Crippen molar-refractivity contribution in [3.63, 3.8) is 0 Å². The lowest BCUT2D eigenvalue weighted by molar-refractivity contribution is 0.0512. The van der Waals surface area contributed by atoms with E-state index < -0.39 is 0 Å². The summed E-state index contributed by atoms with van der Waals surface area (Å²) in [5, 5.41) is 3.64. The van der Waals surface area contributed by atoms with Crippen LogP contribution in [0.3, 0.4) is 0 Å². The molecule has 0 radical (unpaired) electrons. The normalized spacial score (nSPS) is 30.3. The van der Waals surface area contributed by atoms with Crippen LogP contribution in [0, 0.1) is 5.92 Å². The lowest BCUT2D eigenvalue weighted by Crippen LogP contribution is -2.61. The largest absolute Gasteiger partial charge is 0.381 e. The highest BCUT2D eigenvalue weighted by Crippen LogP contribution is 2.38. The van der Waals surface area contributed by atoms with Crippen LogP contribution in [0.5, 0.6) is 0 Å². The summed E-state index contributed by atoms with van der Waals surface area (Å²) in [4.78, 5) is 2.50. The Bertz CT molecular complexity index is 241. The van der Waals surface area contributed by atoms with Crippen molar-refractivity contribution >= 4 is 0 Å². The molecule has 2 aliphatic rings. The maximum absolute atomic E-state index is 5.63. The van der Waals surface area contributed by atoms with Crippen molar-refractivity contribution in [2.45, 2.75) is 56.5 Å². The van der Waals surface area contributed by atoms with Gasteiger partial charge < -0.3 is 15.0 Å². The minimum atomic E-state index is 0.337. The van der Waals surface area contributed by atoms with Crippen molar-refractivity contribution in [1.82, 2.24) is 10.2 Å². The minimum Gasteiger partial charge on any atom is -0.381 e. The summed E-state index contributed by atoms with van der Waals surface area (Å²) >= 11 is 0. The Balaban J connectivity index is 2.19. The molecular weight excluding hydrogens is 224 g/mol. The third-order valence-corrected chi connectivity index (χ3v) is 5.19. The summed E-state index contributed by atoms with van der Waals surface area (Å²) in [6.45, 7) is 1.90. The molecule has 0 amide bonds. The molecule has 2 fully saturated rings. The average molecular weight is 254 g/mol. The van der Waals surface area contributed by atoms with Crippen LogP contribution in [0.15, 0.2) is 0 Å². The lowest BCUT2D eigenvalue weighted by atomic mass is 9.75. The van der Waals surface area contributed by atoms with Gasteiger partial charge in [-0.05, 0) is 40.4 Å². The summed E-state index contributed by atoms with van der Waals surface area (Å²) in [7, 11) is 6.68. The minimum absolute atomic E-state index is 0.337. The van der Waals surface area contributed by atoms with Gasteiger partial charge in [0, 0.05) is 24.1 Å². The molecule has 2 atom stereocenters.